The second kappa shape index (κ2) is 14.6. The standard InChI is InChI=1S/C61H57BN2O/c1-38-31-54-58-55(32-38)64(45-26-27-49(61(8,9)10)47(37-45)39-17-12-11-13-18-39)53-36-43(60(5,6)7)24-28-50(53)62(58)51-35-42(59(2,3)4)25-29-52(51)63(54)44-20-16-19-40(33-44)41-23-30-57-48(34-41)46-21-14-15-22-56(46)65-57/h11-37H,1-10H3. The summed E-state index contributed by atoms with van der Waals surface area (Å²) >= 11 is 0. The molecule has 0 radical (unpaired) electrons. The Morgan fingerprint density at radius 2 is 1.05 bits per heavy atom. The molecule has 0 unspecified atom stereocenters. The Morgan fingerprint density at radius 3 is 1.78 bits per heavy atom. The summed E-state index contributed by atoms with van der Waals surface area (Å²) in [6.45, 7) is 23.3. The molecule has 3 heterocycles. The van der Waals surface area contributed by atoms with E-state index < -0.39 is 0 Å². The minimum atomic E-state index is -0.0436. The Kier molecular flexibility index (Phi) is 9.22. The van der Waals surface area contributed by atoms with E-state index >= 15 is 0 Å². The molecule has 0 atom stereocenters. The molecule has 0 amide bonds. The topological polar surface area (TPSA) is 19.6 Å². The summed E-state index contributed by atoms with van der Waals surface area (Å²) in [4.78, 5) is 5.13. The van der Waals surface area contributed by atoms with Gasteiger partial charge >= 0.3 is 0 Å². The molecule has 11 rings (SSSR count). The third-order valence-corrected chi connectivity index (χ3v) is 13.9. The number of hydrogen-bond donors (Lipinski definition) is 0. The highest BCUT2D eigenvalue weighted by molar-refractivity contribution is 7.00. The first-order chi connectivity index (χ1) is 31.0. The molecule has 9 aromatic rings. The van der Waals surface area contributed by atoms with Gasteiger partial charge in [-0.25, -0.2) is 0 Å². The minimum absolute atomic E-state index is 0.0248. The van der Waals surface area contributed by atoms with Crippen LogP contribution in [0, 0.1) is 6.92 Å². The van der Waals surface area contributed by atoms with Crippen LogP contribution in [-0.4, -0.2) is 6.71 Å². The Bertz CT molecular complexity index is 3360. The lowest BCUT2D eigenvalue weighted by Gasteiger charge is -2.45. The predicted molar refractivity (Wildman–Crippen MR) is 279 cm³/mol. The third-order valence-electron chi connectivity index (χ3n) is 13.9. The van der Waals surface area contributed by atoms with Crippen LogP contribution in [0.2, 0.25) is 0 Å². The second-order valence-corrected chi connectivity index (χ2v) is 21.6. The molecule has 0 saturated carbocycles. The van der Waals surface area contributed by atoms with Gasteiger partial charge in [0.05, 0.1) is 0 Å². The minimum Gasteiger partial charge on any atom is -0.456 e. The van der Waals surface area contributed by atoms with E-state index in [2.05, 4.69) is 237 Å². The number of fused-ring (bicyclic) bond motifs is 7. The molecular formula is C61H57BN2O. The Morgan fingerprint density at radius 1 is 0.415 bits per heavy atom. The zero-order chi connectivity index (χ0) is 45.2. The molecule has 0 fully saturated rings. The van der Waals surface area contributed by atoms with E-state index in [1.165, 1.54) is 83.8 Å². The van der Waals surface area contributed by atoms with Gasteiger partial charge in [-0.3, -0.25) is 0 Å². The van der Waals surface area contributed by atoms with Gasteiger partial charge in [-0.2, -0.15) is 0 Å². The zero-order valence-electron chi connectivity index (χ0n) is 39.5. The highest BCUT2D eigenvalue weighted by Crippen LogP contribution is 2.48. The van der Waals surface area contributed by atoms with Crippen molar-refractivity contribution in [3.63, 3.8) is 0 Å². The van der Waals surface area contributed by atoms with Crippen molar-refractivity contribution in [2.45, 2.75) is 85.5 Å². The van der Waals surface area contributed by atoms with Crippen LogP contribution in [0.3, 0.4) is 0 Å². The van der Waals surface area contributed by atoms with Crippen LogP contribution in [0.15, 0.2) is 168 Å². The quantitative estimate of drug-likeness (QED) is 0.165. The molecule has 0 saturated heterocycles. The molecule has 3 nitrogen and oxygen atoms in total. The predicted octanol–water partition coefficient (Wildman–Crippen LogP) is 15.2. The zero-order valence-corrected chi connectivity index (χ0v) is 39.5. The number of aryl methyl sites for hydroxylation is 1. The molecule has 0 bridgehead atoms. The maximum Gasteiger partial charge on any atom is 0.252 e. The monoisotopic (exact) mass is 844 g/mol. The van der Waals surface area contributed by atoms with Crippen LogP contribution in [0.5, 0.6) is 0 Å². The van der Waals surface area contributed by atoms with Crippen LogP contribution in [-0.2, 0) is 16.2 Å². The van der Waals surface area contributed by atoms with Crippen LogP contribution in [0.1, 0.15) is 84.6 Å². The van der Waals surface area contributed by atoms with Crippen molar-refractivity contribution in [3.05, 3.63) is 186 Å². The van der Waals surface area contributed by atoms with Gasteiger partial charge < -0.3 is 14.2 Å². The average Bonchev–Trinajstić information content (AvgIpc) is 3.66. The number of rotatable bonds is 4. The molecular weight excluding hydrogens is 787 g/mol. The summed E-state index contributed by atoms with van der Waals surface area (Å²) in [6, 6.07) is 61.7. The normalized spacial score (nSPS) is 13.6. The fourth-order valence-corrected chi connectivity index (χ4v) is 10.5. The largest absolute Gasteiger partial charge is 0.456 e. The van der Waals surface area contributed by atoms with Crippen molar-refractivity contribution in [3.8, 4) is 22.3 Å². The number of furan rings is 1. The Balaban J connectivity index is 1.18. The van der Waals surface area contributed by atoms with Crippen LogP contribution < -0.4 is 26.2 Å². The maximum absolute atomic E-state index is 6.25. The second-order valence-electron chi connectivity index (χ2n) is 21.6. The molecule has 2 aliphatic rings. The van der Waals surface area contributed by atoms with Crippen molar-refractivity contribution >= 4 is 79.2 Å². The van der Waals surface area contributed by atoms with Crippen molar-refractivity contribution in [2.24, 2.45) is 0 Å². The van der Waals surface area contributed by atoms with Gasteiger partial charge in [0.15, 0.2) is 0 Å². The summed E-state index contributed by atoms with van der Waals surface area (Å²) in [7, 11) is 0. The summed E-state index contributed by atoms with van der Waals surface area (Å²) in [5, 5.41) is 2.28. The summed E-state index contributed by atoms with van der Waals surface area (Å²) in [5.41, 5.74) is 23.0. The number of anilines is 6. The van der Waals surface area contributed by atoms with Gasteiger partial charge in [-0.1, -0.05) is 159 Å². The maximum atomic E-state index is 6.25. The van der Waals surface area contributed by atoms with Crippen molar-refractivity contribution in [2.75, 3.05) is 9.80 Å². The van der Waals surface area contributed by atoms with Crippen molar-refractivity contribution in [1.29, 1.82) is 0 Å². The average molecular weight is 845 g/mol. The van der Waals surface area contributed by atoms with Gasteiger partial charge in [0.1, 0.15) is 11.2 Å². The molecule has 0 aliphatic carbocycles. The highest BCUT2D eigenvalue weighted by Gasteiger charge is 2.44. The fraction of sp³-hybridized carbons (Fsp3) is 0.213. The first kappa shape index (κ1) is 41.0. The molecule has 0 spiro atoms. The molecule has 4 heteroatoms. The Hall–Kier alpha value is -6.78. The van der Waals surface area contributed by atoms with Crippen LogP contribution >= 0.6 is 0 Å². The van der Waals surface area contributed by atoms with E-state index in [9.17, 15) is 0 Å². The lowest BCUT2D eigenvalue weighted by Crippen LogP contribution is -2.61. The molecule has 65 heavy (non-hydrogen) atoms. The van der Waals surface area contributed by atoms with E-state index in [-0.39, 0.29) is 23.0 Å². The summed E-state index contributed by atoms with van der Waals surface area (Å²) in [6.07, 6.45) is 0. The number of benzene rings is 8. The van der Waals surface area contributed by atoms with E-state index in [4.69, 9.17) is 4.42 Å². The van der Waals surface area contributed by atoms with E-state index in [1.54, 1.807) is 0 Å². The molecule has 0 N–H and O–H groups in total. The first-order valence-corrected chi connectivity index (χ1v) is 23.3. The third kappa shape index (κ3) is 6.80. The lowest BCUT2D eigenvalue weighted by atomic mass is 9.33. The number of nitrogens with zero attached hydrogens (tertiary/aromatic N) is 2. The van der Waals surface area contributed by atoms with Crippen molar-refractivity contribution < 1.29 is 4.42 Å². The van der Waals surface area contributed by atoms with Gasteiger partial charge in [-0.15, -0.1) is 0 Å². The van der Waals surface area contributed by atoms with E-state index in [0.717, 1.165) is 33.2 Å². The highest BCUT2D eigenvalue weighted by atomic mass is 16.3. The van der Waals surface area contributed by atoms with Gasteiger partial charge in [0.2, 0.25) is 0 Å². The van der Waals surface area contributed by atoms with Gasteiger partial charge in [0.25, 0.3) is 6.71 Å². The first-order valence-electron chi connectivity index (χ1n) is 23.3. The van der Waals surface area contributed by atoms with Crippen LogP contribution in [0.4, 0.5) is 34.1 Å². The number of para-hydroxylation sites is 1. The summed E-state index contributed by atoms with van der Waals surface area (Å²) in [5.74, 6) is 0. The van der Waals surface area contributed by atoms with Gasteiger partial charge in [-0.05, 0) is 151 Å². The lowest BCUT2D eigenvalue weighted by molar-refractivity contribution is 0.590. The van der Waals surface area contributed by atoms with Gasteiger partial charge in [0, 0.05) is 44.9 Å². The fourth-order valence-electron chi connectivity index (χ4n) is 10.5. The summed E-state index contributed by atoms with van der Waals surface area (Å²) < 4.78 is 6.25. The van der Waals surface area contributed by atoms with E-state index in [0.29, 0.717) is 0 Å². The molecule has 8 aromatic carbocycles. The molecule has 320 valence electrons. The Labute approximate surface area is 385 Å². The molecule has 1 aromatic heterocycles. The van der Waals surface area contributed by atoms with Crippen molar-refractivity contribution in [1.82, 2.24) is 0 Å². The van der Waals surface area contributed by atoms with Crippen LogP contribution in [0.25, 0.3) is 44.2 Å². The molecule has 2 aliphatic heterocycles. The SMILES string of the molecule is Cc1cc2c3c(c1)N(c1ccc(C(C)(C)C)c(-c4ccccc4)c1)c1cc(C(C)(C)C)ccc1B3c1cc(C(C)(C)C)ccc1N2c1cccc(-c2ccc3oc4ccccc4c3c2)c1. The smallest absolute Gasteiger partial charge is 0.252 e. The van der Waals surface area contributed by atoms with E-state index in [1.807, 2.05) is 6.07 Å². The number of hydrogen-bond acceptors (Lipinski definition) is 3.